The lowest BCUT2D eigenvalue weighted by Gasteiger charge is -2.18. The van der Waals surface area contributed by atoms with Crippen molar-refractivity contribution < 1.29 is 19.0 Å². The highest BCUT2D eigenvalue weighted by Gasteiger charge is 2.14. The average molecular weight is 207 g/mol. The molecule has 0 saturated carbocycles. The molecule has 0 rings (SSSR count). The second kappa shape index (κ2) is 8.34. The summed E-state index contributed by atoms with van der Waals surface area (Å²) in [6, 6.07) is 0. The van der Waals surface area contributed by atoms with E-state index in [0.29, 0.717) is 0 Å². The maximum Gasteiger partial charge on any atom is 0.411 e. The van der Waals surface area contributed by atoms with Gasteiger partial charge in [-0.05, 0) is 27.7 Å². The van der Waals surface area contributed by atoms with Crippen molar-refractivity contribution >= 4 is 6.09 Å². The number of ether oxygens (including phenoxy) is 1. The average Bonchev–Trinajstić information content (AvgIpc) is 1.99. The lowest BCUT2D eigenvalue weighted by Crippen LogP contribution is -2.29. The number of aliphatic hydroxyl groups is 1. The Morgan fingerprint density at radius 3 is 2.29 bits per heavy atom. The van der Waals surface area contributed by atoms with E-state index in [2.05, 4.69) is 5.32 Å². The van der Waals surface area contributed by atoms with Gasteiger partial charge in [0.05, 0.1) is 12.9 Å². The molecule has 1 amide bonds. The largest absolute Gasteiger partial charge is 0.514 e. The number of alkyl halides is 1. The Morgan fingerprint density at radius 2 is 2.00 bits per heavy atom. The molecule has 14 heavy (non-hydrogen) atoms. The van der Waals surface area contributed by atoms with Gasteiger partial charge in [0.2, 0.25) is 0 Å². The summed E-state index contributed by atoms with van der Waals surface area (Å²) >= 11 is 0. The molecule has 0 radical (unpaired) electrons. The minimum absolute atomic E-state index is 0.250. The fourth-order valence-electron chi connectivity index (χ4n) is 0.413. The minimum atomic E-state index is -0.581. The maximum atomic E-state index is 10.7. The number of carbonyl (C=O) groups is 1. The van der Waals surface area contributed by atoms with E-state index in [1.165, 1.54) is 6.92 Å². The molecule has 0 aliphatic heterocycles. The van der Waals surface area contributed by atoms with Crippen molar-refractivity contribution in [2.24, 2.45) is 0 Å². The topological polar surface area (TPSA) is 58.6 Å². The van der Waals surface area contributed by atoms with E-state index in [1.54, 1.807) is 20.8 Å². The van der Waals surface area contributed by atoms with Crippen molar-refractivity contribution in [3.63, 3.8) is 0 Å². The number of rotatable bonds is 1. The molecule has 0 heterocycles. The van der Waals surface area contributed by atoms with Crippen molar-refractivity contribution in [2.75, 3.05) is 6.67 Å². The third kappa shape index (κ3) is 17.0. The Balaban J connectivity index is 0. The van der Waals surface area contributed by atoms with Crippen LogP contribution in [0.5, 0.6) is 0 Å². The van der Waals surface area contributed by atoms with Gasteiger partial charge in [0.15, 0.2) is 0 Å². The third-order valence-electron chi connectivity index (χ3n) is 0.675. The third-order valence-corrected chi connectivity index (χ3v) is 0.675. The molecule has 0 atom stereocenters. The number of nitrogens with one attached hydrogen (secondary N) is 1. The molecular formula is C9H18FNO3. The first-order chi connectivity index (χ1) is 6.37. The number of aliphatic hydroxyl groups excluding tert-OH is 1. The summed E-state index contributed by atoms with van der Waals surface area (Å²) in [5.74, 6) is 0. The van der Waals surface area contributed by atoms with Crippen molar-refractivity contribution in [2.45, 2.75) is 33.3 Å². The Kier molecular flexibility index (Phi) is 9.07. The fourth-order valence-corrected chi connectivity index (χ4v) is 0.413. The summed E-state index contributed by atoms with van der Waals surface area (Å²) in [6.07, 6.45) is 1.24. The van der Waals surface area contributed by atoms with Crippen LogP contribution in [-0.4, -0.2) is 23.5 Å². The van der Waals surface area contributed by atoms with Crippen LogP contribution < -0.4 is 5.32 Å². The molecule has 0 unspecified atom stereocenters. The van der Waals surface area contributed by atoms with Crippen LogP contribution in [0.15, 0.2) is 12.5 Å². The van der Waals surface area contributed by atoms with Crippen LogP contribution in [0, 0.1) is 0 Å². The van der Waals surface area contributed by atoms with E-state index >= 15 is 0 Å². The van der Waals surface area contributed by atoms with Gasteiger partial charge in [0.1, 0.15) is 5.60 Å². The molecule has 0 spiro atoms. The van der Waals surface area contributed by atoms with Gasteiger partial charge in [-0.1, -0.05) is 0 Å². The summed E-state index contributed by atoms with van der Waals surface area (Å²) in [5, 5.41) is 10.4. The highest BCUT2D eigenvalue weighted by Crippen LogP contribution is 2.05. The van der Waals surface area contributed by atoms with Crippen molar-refractivity contribution in [3.8, 4) is 0 Å². The highest BCUT2D eigenvalue weighted by atomic mass is 19.1. The van der Waals surface area contributed by atoms with Crippen molar-refractivity contribution in [1.29, 1.82) is 0 Å². The first-order valence-corrected chi connectivity index (χ1v) is 4.22. The van der Waals surface area contributed by atoms with Crippen LogP contribution in [-0.2, 0) is 4.74 Å². The maximum absolute atomic E-state index is 10.7. The number of alkyl carbamates (subject to hydrolysis) is 1. The summed E-state index contributed by atoms with van der Waals surface area (Å²) in [6.45, 7) is 6.49. The predicted molar refractivity (Wildman–Crippen MR) is 52.8 cm³/mol. The summed E-state index contributed by atoms with van der Waals surface area (Å²) in [7, 11) is 0. The van der Waals surface area contributed by atoms with Gasteiger partial charge in [0.25, 0.3) is 0 Å². The van der Waals surface area contributed by atoms with E-state index in [-0.39, 0.29) is 6.67 Å². The number of carbonyl (C=O) groups excluding carboxylic acids is 1. The van der Waals surface area contributed by atoms with E-state index in [4.69, 9.17) is 9.84 Å². The van der Waals surface area contributed by atoms with Gasteiger partial charge in [-0.25, -0.2) is 4.79 Å². The fraction of sp³-hybridized carbons (Fsp3) is 0.667. The Labute approximate surface area is 83.8 Å². The molecule has 0 bridgehead atoms. The molecule has 0 saturated heterocycles. The molecule has 0 aromatic rings. The zero-order valence-electron chi connectivity index (χ0n) is 9.00. The number of hydrogen-bond acceptors (Lipinski definition) is 3. The SMILES string of the molecule is CC(C)(C)OC(=O)N/C=C/O.CCF. The zero-order chi connectivity index (χ0) is 11.6. The summed E-state index contributed by atoms with van der Waals surface area (Å²) in [5.41, 5.74) is -0.507. The van der Waals surface area contributed by atoms with Gasteiger partial charge in [-0.3, -0.25) is 9.71 Å². The molecule has 0 aliphatic carbocycles. The van der Waals surface area contributed by atoms with Gasteiger partial charge < -0.3 is 9.84 Å². The molecule has 5 heteroatoms. The minimum Gasteiger partial charge on any atom is -0.514 e. The molecule has 84 valence electrons. The van der Waals surface area contributed by atoms with Crippen molar-refractivity contribution in [3.05, 3.63) is 12.5 Å². The Bertz CT molecular complexity index is 175. The van der Waals surface area contributed by atoms with Crippen LogP contribution >= 0.6 is 0 Å². The van der Waals surface area contributed by atoms with E-state index in [9.17, 15) is 9.18 Å². The smallest absolute Gasteiger partial charge is 0.411 e. The van der Waals surface area contributed by atoms with Gasteiger partial charge >= 0.3 is 6.09 Å². The number of amides is 1. The standard InChI is InChI=1S/C7H13NO3.C2H5F/c1-7(2,3)11-6(10)8-4-5-9;1-2-3/h4-5,9H,1-3H3,(H,8,10);2H2,1H3/b5-4+;. The second-order valence-electron chi connectivity index (χ2n) is 3.23. The molecule has 0 aliphatic rings. The predicted octanol–water partition coefficient (Wildman–Crippen LogP) is 2.52. The molecule has 0 aromatic heterocycles. The molecule has 0 fully saturated rings. The number of halogens is 1. The van der Waals surface area contributed by atoms with Gasteiger partial charge in [0, 0.05) is 6.20 Å². The van der Waals surface area contributed by atoms with Gasteiger partial charge in [-0.2, -0.15) is 0 Å². The Hall–Kier alpha value is -1.26. The summed E-state index contributed by atoms with van der Waals surface area (Å²) in [4.78, 5) is 10.7. The lowest BCUT2D eigenvalue weighted by molar-refractivity contribution is 0.0551. The normalized spacial score (nSPS) is 10.4. The molecule has 4 nitrogen and oxygen atoms in total. The van der Waals surface area contributed by atoms with Crippen LogP contribution in [0.2, 0.25) is 0 Å². The highest BCUT2D eigenvalue weighted by molar-refractivity contribution is 5.68. The summed E-state index contributed by atoms with van der Waals surface area (Å²) < 4.78 is 15.1. The van der Waals surface area contributed by atoms with Crippen LogP contribution in [0.1, 0.15) is 27.7 Å². The zero-order valence-corrected chi connectivity index (χ0v) is 9.00. The van der Waals surface area contributed by atoms with Crippen LogP contribution in [0.25, 0.3) is 0 Å². The van der Waals surface area contributed by atoms with Gasteiger partial charge in [-0.15, -0.1) is 0 Å². The second-order valence-corrected chi connectivity index (χ2v) is 3.23. The van der Waals surface area contributed by atoms with Crippen molar-refractivity contribution in [1.82, 2.24) is 5.32 Å². The molecular weight excluding hydrogens is 189 g/mol. The quantitative estimate of drug-likeness (QED) is 0.649. The van der Waals surface area contributed by atoms with Crippen LogP contribution in [0.3, 0.4) is 0 Å². The van der Waals surface area contributed by atoms with E-state index < -0.39 is 11.7 Å². The van der Waals surface area contributed by atoms with Crippen LogP contribution in [0.4, 0.5) is 9.18 Å². The monoisotopic (exact) mass is 207 g/mol. The van der Waals surface area contributed by atoms with E-state index in [1.807, 2.05) is 0 Å². The first-order valence-electron chi connectivity index (χ1n) is 4.22. The first kappa shape index (κ1) is 15.2. The van der Waals surface area contributed by atoms with E-state index in [0.717, 1.165) is 12.5 Å². The number of hydrogen-bond donors (Lipinski definition) is 2. The molecule has 0 aromatic carbocycles. The Morgan fingerprint density at radius 1 is 1.57 bits per heavy atom. The molecule has 2 N–H and O–H groups in total. The lowest BCUT2D eigenvalue weighted by atomic mass is 10.2.